The van der Waals surface area contributed by atoms with Crippen molar-refractivity contribution in [2.45, 2.75) is 0 Å². The first-order valence-electron chi connectivity index (χ1n) is 6.70. The number of H-pyrrole nitrogens is 1. The van der Waals surface area contributed by atoms with Crippen LogP contribution in [0.15, 0.2) is 48.7 Å². The van der Waals surface area contributed by atoms with Crippen molar-refractivity contribution >= 4 is 11.5 Å². The second-order valence-electron chi connectivity index (χ2n) is 4.79. The van der Waals surface area contributed by atoms with Crippen LogP contribution in [0, 0.1) is 21.4 Å². The topological polar surface area (TPSA) is 122 Å². The molecule has 0 fully saturated rings. The molecule has 0 unspecified atom stereocenters. The van der Waals surface area contributed by atoms with Crippen LogP contribution in [-0.4, -0.2) is 14.9 Å². The Bertz CT molecular complexity index is 926. The van der Waals surface area contributed by atoms with Crippen molar-refractivity contribution < 1.29 is 4.92 Å². The van der Waals surface area contributed by atoms with Crippen molar-refractivity contribution in [1.29, 1.82) is 5.26 Å². The summed E-state index contributed by atoms with van der Waals surface area (Å²) in [5.74, 6) is 0.0350. The number of nitro groups is 1. The van der Waals surface area contributed by atoms with Crippen LogP contribution in [-0.2, 0) is 0 Å². The van der Waals surface area contributed by atoms with E-state index >= 15 is 0 Å². The van der Waals surface area contributed by atoms with Gasteiger partial charge in [0.15, 0.2) is 0 Å². The third kappa shape index (κ3) is 2.49. The number of nitro benzene ring substituents is 1. The average Bonchev–Trinajstić information content (AvgIpc) is 3.08. The lowest BCUT2D eigenvalue weighted by Gasteiger charge is -2.09. The number of hydrogen-bond donors (Lipinski definition) is 2. The monoisotopic (exact) mass is 305 g/mol. The molecule has 0 aliphatic rings. The van der Waals surface area contributed by atoms with Crippen molar-refractivity contribution in [3.63, 3.8) is 0 Å². The fraction of sp³-hybridized carbons (Fsp3) is 0. The van der Waals surface area contributed by atoms with Crippen molar-refractivity contribution in [2.75, 3.05) is 5.73 Å². The third-order valence-corrected chi connectivity index (χ3v) is 3.42. The second kappa shape index (κ2) is 5.61. The number of nitrogens with zero attached hydrogens (tertiary/aromatic N) is 3. The molecule has 0 saturated carbocycles. The molecule has 3 rings (SSSR count). The molecule has 112 valence electrons. The minimum absolute atomic E-state index is 0.0350. The number of rotatable bonds is 3. The van der Waals surface area contributed by atoms with Crippen LogP contribution in [0.3, 0.4) is 0 Å². The molecule has 0 bridgehead atoms. The fourth-order valence-electron chi connectivity index (χ4n) is 2.38. The quantitative estimate of drug-likeness (QED) is 0.568. The Hall–Kier alpha value is -3.66. The Balaban J connectivity index is 2.28. The van der Waals surface area contributed by atoms with Gasteiger partial charge in [0.25, 0.3) is 5.69 Å². The van der Waals surface area contributed by atoms with Crippen LogP contribution in [0.5, 0.6) is 0 Å². The SMILES string of the molecule is N#Cc1c(-c2ccc[nH]2)cc(-c2ccccc2[N+](=O)[O-])nc1N. The van der Waals surface area contributed by atoms with E-state index in [1.807, 2.05) is 6.07 Å². The number of nitrogens with one attached hydrogen (secondary N) is 1. The molecule has 1 aromatic carbocycles. The Morgan fingerprint density at radius 2 is 2.00 bits per heavy atom. The maximum atomic E-state index is 11.2. The zero-order valence-corrected chi connectivity index (χ0v) is 11.9. The van der Waals surface area contributed by atoms with Crippen LogP contribution in [0.25, 0.3) is 22.5 Å². The van der Waals surface area contributed by atoms with Crippen LogP contribution >= 0.6 is 0 Å². The highest BCUT2D eigenvalue weighted by molar-refractivity contribution is 5.81. The van der Waals surface area contributed by atoms with E-state index in [1.165, 1.54) is 6.07 Å². The maximum absolute atomic E-state index is 11.2. The molecule has 7 nitrogen and oxygen atoms in total. The molecule has 0 aliphatic heterocycles. The lowest BCUT2D eigenvalue weighted by Crippen LogP contribution is -2.01. The molecule has 0 amide bonds. The zero-order chi connectivity index (χ0) is 16.4. The predicted molar refractivity (Wildman–Crippen MR) is 85.2 cm³/mol. The Labute approximate surface area is 131 Å². The molecule has 3 aromatic rings. The molecule has 3 N–H and O–H groups in total. The van der Waals surface area contributed by atoms with E-state index in [9.17, 15) is 15.4 Å². The third-order valence-electron chi connectivity index (χ3n) is 3.42. The number of para-hydroxylation sites is 1. The minimum Gasteiger partial charge on any atom is -0.383 e. The zero-order valence-electron chi connectivity index (χ0n) is 11.9. The number of anilines is 1. The Morgan fingerprint density at radius 3 is 2.65 bits per heavy atom. The number of benzene rings is 1. The van der Waals surface area contributed by atoms with E-state index in [2.05, 4.69) is 9.97 Å². The Morgan fingerprint density at radius 1 is 1.22 bits per heavy atom. The van der Waals surface area contributed by atoms with E-state index < -0.39 is 4.92 Å². The summed E-state index contributed by atoms with van der Waals surface area (Å²) < 4.78 is 0. The van der Waals surface area contributed by atoms with Crippen molar-refractivity contribution in [2.24, 2.45) is 0 Å². The number of nitriles is 1. The molecule has 7 heteroatoms. The Kier molecular flexibility index (Phi) is 3.49. The molecule has 23 heavy (non-hydrogen) atoms. The standard InChI is InChI=1S/C16H11N5O2/c17-9-12-11(13-5-3-7-19-13)8-14(20-16(12)18)10-4-1-2-6-15(10)21(22)23/h1-8,19H,(H2,18,20). The number of nitrogens with two attached hydrogens (primary N) is 1. The van der Waals surface area contributed by atoms with Crippen LogP contribution in [0.2, 0.25) is 0 Å². The number of aromatic amines is 1. The number of hydrogen-bond acceptors (Lipinski definition) is 5. The van der Waals surface area contributed by atoms with Gasteiger partial charge in [-0.25, -0.2) is 4.98 Å². The molecular weight excluding hydrogens is 294 g/mol. The van der Waals surface area contributed by atoms with Crippen molar-refractivity contribution in [1.82, 2.24) is 9.97 Å². The summed E-state index contributed by atoms with van der Waals surface area (Å²) in [6, 6.07) is 13.5. The van der Waals surface area contributed by atoms with Crippen molar-refractivity contribution in [3.8, 4) is 28.6 Å². The summed E-state index contributed by atoms with van der Waals surface area (Å²) in [6.07, 6.45) is 1.72. The van der Waals surface area contributed by atoms with Crippen LogP contribution in [0.1, 0.15) is 5.56 Å². The van der Waals surface area contributed by atoms with Gasteiger partial charge in [-0.15, -0.1) is 0 Å². The molecule has 0 radical (unpaired) electrons. The van der Waals surface area contributed by atoms with E-state index in [1.54, 1.807) is 42.6 Å². The highest BCUT2D eigenvalue weighted by Gasteiger charge is 2.19. The summed E-state index contributed by atoms with van der Waals surface area (Å²) in [6.45, 7) is 0. The van der Waals surface area contributed by atoms with Crippen LogP contribution < -0.4 is 5.73 Å². The number of aromatic nitrogens is 2. The van der Waals surface area contributed by atoms with Gasteiger partial charge in [-0.2, -0.15) is 5.26 Å². The van der Waals surface area contributed by atoms with Gasteiger partial charge in [0, 0.05) is 23.5 Å². The predicted octanol–water partition coefficient (Wildman–Crippen LogP) is 3.11. The van der Waals surface area contributed by atoms with Gasteiger partial charge < -0.3 is 10.7 Å². The summed E-state index contributed by atoms with van der Waals surface area (Å²) in [7, 11) is 0. The van der Waals surface area contributed by atoms with Gasteiger partial charge >= 0.3 is 0 Å². The second-order valence-corrected chi connectivity index (χ2v) is 4.79. The molecular formula is C16H11N5O2. The van der Waals surface area contributed by atoms with E-state index in [0.717, 1.165) is 0 Å². The maximum Gasteiger partial charge on any atom is 0.278 e. The van der Waals surface area contributed by atoms with Gasteiger partial charge in [0.2, 0.25) is 0 Å². The molecule has 0 aliphatic carbocycles. The first-order chi connectivity index (χ1) is 11.1. The highest BCUT2D eigenvalue weighted by Crippen LogP contribution is 2.34. The summed E-state index contributed by atoms with van der Waals surface area (Å²) in [4.78, 5) is 17.9. The van der Waals surface area contributed by atoms with Gasteiger partial charge in [0.1, 0.15) is 17.5 Å². The lowest BCUT2D eigenvalue weighted by atomic mass is 10.0. The molecule has 0 spiro atoms. The van der Waals surface area contributed by atoms with E-state index in [0.29, 0.717) is 22.5 Å². The molecule has 2 heterocycles. The lowest BCUT2D eigenvalue weighted by molar-refractivity contribution is -0.384. The highest BCUT2D eigenvalue weighted by atomic mass is 16.6. The smallest absolute Gasteiger partial charge is 0.278 e. The van der Waals surface area contributed by atoms with Gasteiger partial charge in [0.05, 0.1) is 16.2 Å². The molecule has 0 atom stereocenters. The van der Waals surface area contributed by atoms with Crippen LogP contribution in [0.4, 0.5) is 11.5 Å². The summed E-state index contributed by atoms with van der Waals surface area (Å²) in [5.41, 5.74) is 7.99. The first-order valence-corrected chi connectivity index (χ1v) is 6.70. The first kappa shape index (κ1) is 14.3. The van der Waals surface area contributed by atoms with Gasteiger partial charge in [-0.05, 0) is 24.3 Å². The normalized spacial score (nSPS) is 10.2. The number of pyridine rings is 1. The van der Waals surface area contributed by atoms with E-state index in [-0.39, 0.29) is 17.1 Å². The van der Waals surface area contributed by atoms with Crippen molar-refractivity contribution in [3.05, 3.63) is 64.3 Å². The largest absolute Gasteiger partial charge is 0.383 e. The molecule has 2 aromatic heterocycles. The number of nitrogen functional groups attached to an aromatic ring is 1. The fourth-order valence-corrected chi connectivity index (χ4v) is 2.38. The summed E-state index contributed by atoms with van der Waals surface area (Å²) >= 11 is 0. The molecule has 0 saturated heterocycles. The van der Waals surface area contributed by atoms with Gasteiger partial charge in [-0.3, -0.25) is 10.1 Å². The van der Waals surface area contributed by atoms with Gasteiger partial charge in [-0.1, -0.05) is 12.1 Å². The van der Waals surface area contributed by atoms with E-state index in [4.69, 9.17) is 5.73 Å². The summed E-state index contributed by atoms with van der Waals surface area (Å²) in [5, 5.41) is 20.5. The minimum atomic E-state index is -0.472. The average molecular weight is 305 g/mol.